The van der Waals surface area contributed by atoms with Gasteiger partial charge in [0.1, 0.15) is 11.9 Å². The summed E-state index contributed by atoms with van der Waals surface area (Å²) in [5.41, 5.74) is 6.51. The number of hydrogen-bond acceptors (Lipinski definition) is 4. The van der Waals surface area contributed by atoms with Crippen molar-refractivity contribution in [2.75, 3.05) is 24.5 Å². The topological polar surface area (TPSA) is 84.7 Å². The lowest BCUT2D eigenvalue weighted by atomic mass is 9.91. The zero-order valence-electron chi connectivity index (χ0n) is 12.0. The Morgan fingerprint density at radius 1 is 1.41 bits per heavy atom. The highest BCUT2D eigenvalue weighted by Crippen LogP contribution is 2.30. The molecule has 2 fully saturated rings. The number of rotatable bonds is 3. The number of cyclic esters (lactones) is 1. The van der Waals surface area contributed by atoms with E-state index in [0.29, 0.717) is 37.2 Å². The molecule has 2 amide bonds. The Labute approximate surface area is 127 Å². The predicted molar refractivity (Wildman–Crippen MR) is 78.1 cm³/mol. The number of hydrogen-bond donors (Lipinski definition) is 2. The number of nitrogens with zero attached hydrogens (tertiary/aromatic N) is 1. The summed E-state index contributed by atoms with van der Waals surface area (Å²) in [5.74, 6) is -0.405. The molecule has 2 unspecified atom stereocenters. The molecule has 0 aromatic heterocycles. The van der Waals surface area contributed by atoms with Gasteiger partial charge in [-0.3, -0.25) is 9.69 Å². The summed E-state index contributed by atoms with van der Waals surface area (Å²) in [6, 6.07) is 4.72. The summed E-state index contributed by atoms with van der Waals surface area (Å²) in [4.78, 5) is 24.3. The molecule has 2 aliphatic rings. The number of anilines is 1. The third kappa shape index (κ3) is 2.76. The predicted octanol–water partition coefficient (Wildman–Crippen LogP) is 1.10. The Balaban J connectivity index is 1.78. The first kappa shape index (κ1) is 14.8. The molecule has 0 spiro atoms. The van der Waals surface area contributed by atoms with Crippen LogP contribution >= 0.6 is 0 Å². The first-order chi connectivity index (χ1) is 10.6. The third-order valence-corrected chi connectivity index (χ3v) is 4.14. The van der Waals surface area contributed by atoms with Crippen LogP contribution in [0.25, 0.3) is 0 Å². The van der Waals surface area contributed by atoms with E-state index in [9.17, 15) is 14.0 Å². The molecule has 7 heteroatoms. The summed E-state index contributed by atoms with van der Waals surface area (Å²) in [6.45, 7) is 1.01. The molecule has 118 valence electrons. The van der Waals surface area contributed by atoms with Crippen molar-refractivity contribution in [2.24, 2.45) is 5.73 Å². The van der Waals surface area contributed by atoms with Gasteiger partial charge in [-0.05, 0) is 24.1 Å². The fourth-order valence-electron chi connectivity index (χ4n) is 2.87. The first-order valence-corrected chi connectivity index (χ1v) is 7.33. The Bertz CT molecular complexity index is 598. The van der Waals surface area contributed by atoms with Gasteiger partial charge in [-0.15, -0.1) is 0 Å². The molecule has 2 saturated heterocycles. The molecular formula is C15H18FN3O3. The van der Waals surface area contributed by atoms with Crippen LogP contribution in [0.3, 0.4) is 0 Å². The van der Waals surface area contributed by atoms with Crippen LogP contribution in [0, 0.1) is 5.82 Å². The van der Waals surface area contributed by atoms with Crippen molar-refractivity contribution >= 4 is 17.7 Å². The molecule has 2 aliphatic heterocycles. The third-order valence-electron chi connectivity index (χ3n) is 4.14. The van der Waals surface area contributed by atoms with E-state index in [1.807, 2.05) is 0 Å². The Kier molecular flexibility index (Phi) is 3.98. The van der Waals surface area contributed by atoms with Crippen LogP contribution in [0.5, 0.6) is 0 Å². The SMILES string of the molecule is NCC1CN(c2ccc(C3CCC(=O)NC3)c(F)c2)C(=O)O1. The zero-order chi connectivity index (χ0) is 15.7. The van der Waals surface area contributed by atoms with Crippen molar-refractivity contribution in [3.8, 4) is 0 Å². The molecule has 6 nitrogen and oxygen atoms in total. The van der Waals surface area contributed by atoms with Crippen LogP contribution in [0.15, 0.2) is 18.2 Å². The van der Waals surface area contributed by atoms with Gasteiger partial charge < -0.3 is 15.8 Å². The molecule has 3 rings (SSSR count). The van der Waals surface area contributed by atoms with Gasteiger partial charge in [0.25, 0.3) is 0 Å². The molecule has 0 saturated carbocycles. The van der Waals surface area contributed by atoms with Crippen LogP contribution in [-0.4, -0.2) is 37.7 Å². The van der Waals surface area contributed by atoms with Crippen molar-refractivity contribution in [1.29, 1.82) is 0 Å². The summed E-state index contributed by atoms with van der Waals surface area (Å²) in [7, 11) is 0. The second-order valence-electron chi connectivity index (χ2n) is 5.60. The maximum atomic E-state index is 14.4. The van der Waals surface area contributed by atoms with E-state index in [0.717, 1.165) is 0 Å². The summed E-state index contributed by atoms with van der Waals surface area (Å²) < 4.78 is 19.4. The largest absolute Gasteiger partial charge is 0.443 e. The lowest BCUT2D eigenvalue weighted by Gasteiger charge is -2.24. The van der Waals surface area contributed by atoms with E-state index in [4.69, 9.17) is 10.5 Å². The standard InChI is InChI=1S/C15H18FN3O3/c16-13-5-10(19-8-11(6-17)22-15(19)21)2-3-12(13)9-1-4-14(20)18-7-9/h2-3,5,9,11H,1,4,6-8,17H2,(H,18,20). The quantitative estimate of drug-likeness (QED) is 0.876. The summed E-state index contributed by atoms with van der Waals surface area (Å²) >= 11 is 0. The normalized spacial score (nSPS) is 25.1. The van der Waals surface area contributed by atoms with Gasteiger partial charge in [-0.25, -0.2) is 9.18 Å². The summed E-state index contributed by atoms with van der Waals surface area (Å²) in [6.07, 6.45) is 0.169. The van der Waals surface area contributed by atoms with Crippen molar-refractivity contribution in [3.05, 3.63) is 29.6 Å². The Morgan fingerprint density at radius 3 is 2.82 bits per heavy atom. The molecule has 0 aliphatic carbocycles. The minimum absolute atomic E-state index is 0.000849. The van der Waals surface area contributed by atoms with E-state index in [-0.39, 0.29) is 30.3 Å². The minimum atomic E-state index is -0.507. The van der Waals surface area contributed by atoms with Crippen LogP contribution < -0.4 is 16.0 Å². The molecule has 3 N–H and O–H groups in total. The molecule has 0 bridgehead atoms. The Hall–Kier alpha value is -2.15. The average molecular weight is 307 g/mol. The molecule has 22 heavy (non-hydrogen) atoms. The summed E-state index contributed by atoms with van der Waals surface area (Å²) in [5, 5.41) is 2.74. The van der Waals surface area contributed by atoms with Gasteiger partial charge in [0.2, 0.25) is 5.91 Å². The lowest BCUT2D eigenvalue weighted by Crippen LogP contribution is -2.34. The fraction of sp³-hybridized carbons (Fsp3) is 0.467. The highest BCUT2D eigenvalue weighted by Gasteiger charge is 2.32. The highest BCUT2D eigenvalue weighted by atomic mass is 19.1. The van der Waals surface area contributed by atoms with Gasteiger partial charge in [0.15, 0.2) is 0 Å². The number of nitrogens with one attached hydrogen (secondary N) is 1. The maximum Gasteiger partial charge on any atom is 0.414 e. The Morgan fingerprint density at radius 2 is 2.23 bits per heavy atom. The fourth-order valence-corrected chi connectivity index (χ4v) is 2.87. The second kappa shape index (κ2) is 5.92. The van der Waals surface area contributed by atoms with Crippen LogP contribution in [0.4, 0.5) is 14.9 Å². The van der Waals surface area contributed by atoms with Crippen molar-refractivity contribution < 1.29 is 18.7 Å². The van der Waals surface area contributed by atoms with Crippen LogP contribution in [0.1, 0.15) is 24.3 Å². The number of carbonyl (C=O) groups is 2. The number of halogens is 1. The first-order valence-electron chi connectivity index (χ1n) is 7.33. The van der Waals surface area contributed by atoms with Gasteiger partial charge >= 0.3 is 6.09 Å². The molecule has 2 atom stereocenters. The van der Waals surface area contributed by atoms with Crippen LogP contribution in [-0.2, 0) is 9.53 Å². The number of benzene rings is 1. The zero-order valence-corrected chi connectivity index (χ0v) is 12.0. The second-order valence-corrected chi connectivity index (χ2v) is 5.60. The monoisotopic (exact) mass is 307 g/mol. The van der Waals surface area contributed by atoms with Gasteiger partial charge in [0, 0.05) is 25.4 Å². The van der Waals surface area contributed by atoms with E-state index in [1.54, 1.807) is 12.1 Å². The average Bonchev–Trinajstić information content (AvgIpc) is 2.89. The maximum absolute atomic E-state index is 14.4. The van der Waals surface area contributed by atoms with Crippen molar-refractivity contribution in [2.45, 2.75) is 24.9 Å². The smallest absolute Gasteiger partial charge is 0.414 e. The van der Waals surface area contributed by atoms with Crippen molar-refractivity contribution in [1.82, 2.24) is 5.32 Å². The van der Waals surface area contributed by atoms with Crippen molar-refractivity contribution in [3.63, 3.8) is 0 Å². The molecule has 1 aromatic rings. The molecule has 2 heterocycles. The number of piperidine rings is 1. The molecular weight excluding hydrogens is 289 g/mol. The number of ether oxygens (including phenoxy) is 1. The molecule has 0 radical (unpaired) electrons. The number of carbonyl (C=O) groups excluding carboxylic acids is 2. The van der Waals surface area contributed by atoms with Crippen LogP contribution in [0.2, 0.25) is 0 Å². The molecule has 1 aromatic carbocycles. The van der Waals surface area contributed by atoms with E-state index in [1.165, 1.54) is 11.0 Å². The minimum Gasteiger partial charge on any atom is -0.443 e. The van der Waals surface area contributed by atoms with E-state index >= 15 is 0 Å². The van der Waals surface area contributed by atoms with Gasteiger partial charge in [-0.1, -0.05) is 6.07 Å². The number of amides is 2. The highest BCUT2D eigenvalue weighted by molar-refractivity contribution is 5.89. The van der Waals surface area contributed by atoms with Gasteiger partial charge in [0.05, 0.1) is 12.2 Å². The lowest BCUT2D eigenvalue weighted by molar-refractivity contribution is -0.122. The van der Waals surface area contributed by atoms with E-state index in [2.05, 4.69) is 5.32 Å². The van der Waals surface area contributed by atoms with Gasteiger partial charge in [-0.2, -0.15) is 0 Å². The number of nitrogens with two attached hydrogens (primary N) is 1. The van der Waals surface area contributed by atoms with E-state index < -0.39 is 6.09 Å².